The summed E-state index contributed by atoms with van der Waals surface area (Å²) >= 11 is 0. The fourth-order valence-electron chi connectivity index (χ4n) is 5.87. The molecule has 0 radical (unpaired) electrons. The monoisotopic (exact) mass is 529 g/mol. The van der Waals surface area contributed by atoms with E-state index in [2.05, 4.69) is 9.97 Å². The molecule has 0 spiro atoms. The zero-order valence-electron chi connectivity index (χ0n) is 20.0. The molecule has 2 aromatic rings. The van der Waals surface area contributed by atoms with Crippen molar-refractivity contribution >= 4 is 23.0 Å². The van der Waals surface area contributed by atoms with Crippen molar-refractivity contribution in [2.24, 2.45) is 11.7 Å². The van der Waals surface area contributed by atoms with Crippen LogP contribution in [0.2, 0.25) is 0 Å². The molecule has 8 nitrogen and oxygen atoms in total. The zero-order chi connectivity index (χ0) is 26.8. The van der Waals surface area contributed by atoms with Crippen LogP contribution in [0.5, 0.6) is 0 Å². The summed E-state index contributed by atoms with van der Waals surface area (Å²) in [6, 6.07) is 2.21. The van der Waals surface area contributed by atoms with Gasteiger partial charge in [0.1, 0.15) is 11.3 Å². The lowest BCUT2D eigenvalue weighted by Gasteiger charge is -2.47. The molecule has 2 amide bonds. The third-order valence-corrected chi connectivity index (χ3v) is 8.14. The van der Waals surface area contributed by atoms with Crippen molar-refractivity contribution in [3.05, 3.63) is 29.3 Å². The van der Waals surface area contributed by atoms with Crippen LogP contribution < -0.4 is 5.73 Å². The van der Waals surface area contributed by atoms with E-state index < -0.39 is 54.2 Å². The van der Waals surface area contributed by atoms with Gasteiger partial charge in [-0.15, -0.1) is 0 Å². The molecule has 3 heterocycles. The van der Waals surface area contributed by atoms with Crippen LogP contribution in [0.3, 0.4) is 0 Å². The largest absolute Gasteiger partial charge is 0.465 e. The Kier molecular flexibility index (Phi) is 6.12. The summed E-state index contributed by atoms with van der Waals surface area (Å²) in [4.78, 5) is 34.3. The lowest BCUT2D eigenvalue weighted by Crippen LogP contribution is -2.64. The van der Waals surface area contributed by atoms with Crippen LogP contribution in [0, 0.1) is 11.7 Å². The first-order chi connectivity index (χ1) is 17.3. The lowest BCUT2D eigenvalue weighted by molar-refractivity contribution is -0.173. The molecule has 0 bridgehead atoms. The number of nitrogens with two attached hydrogens (primary N) is 1. The minimum absolute atomic E-state index is 0.0332. The Morgan fingerprint density at radius 3 is 2.22 bits per heavy atom. The first-order valence-electron chi connectivity index (χ1n) is 12.3. The van der Waals surface area contributed by atoms with Gasteiger partial charge in [0.2, 0.25) is 11.8 Å². The number of amides is 2. The molecule has 1 aliphatic carbocycles. The van der Waals surface area contributed by atoms with Gasteiger partial charge in [0.05, 0.1) is 30.1 Å². The number of aromatic amines is 1. The quantitative estimate of drug-likeness (QED) is 0.518. The predicted octanol–water partition coefficient (Wildman–Crippen LogP) is 4.02. The van der Waals surface area contributed by atoms with Gasteiger partial charge in [-0.25, -0.2) is 31.7 Å². The molecule has 4 N–H and O–H groups in total. The Bertz CT molecular complexity index is 1210. The smallest absolute Gasteiger partial charge is 0.407 e. The van der Waals surface area contributed by atoms with E-state index >= 15 is 4.39 Å². The average molecular weight is 530 g/mol. The molecule has 3 fully saturated rings. The van der Waals surface area contributed by atoms with E-state index in [0.717, 1.165) is 9.80 Å². The summed E-state index contributed by atoms with van der Waals surface area (Å²) in [6.45, 7) is -1.68. The highest BCUT2D eigenvalue weighted by Crippen LogP contribution is 2.44. The van der Waals surface area contributed by atoms with Gasteiger partial charge in [-0.1, -0.05) is 6.07 Å². The van der Waals surface area contributed by atoms with E-state index in [0.29, 0.717) is 5.52 Å². The molecular formula is C24H28F5N5O3. The van der Waals surface area contributed by atoms with Crippen LogP contribution in [-0.2, 0) is 10.2 Å². The summed E-state index contributed by atoms with van der Waals surface area (Å²) in [5.74, 6) is -7.24. The Morgan fingerprint density at radius 2 is 1.65 bits per heavy atom. The first-order valence-corrected chi connectivity index (χ1v) is 12.3. The predicted molar refractivity (Wildman–Crippen MR) is 122 cm³/mol. The Hall–Kier alpha value is -2.96. The number of likely N-dealkylation sites (tertiary alicyclic amines) is 2. The second-order valence-corrected chi connectivity index (χ2v) is 10.5. The van der Waals surface area contributed by atoms with Crippen molar-refractivity contribution < 1.29 is 36.6 Å². The third kappa shape index (κ3) is 4.51. The van der Waals surface area contributed by atoms with Crippen molar-refractivity contribution in [2.45, 2.75) is 61.8 Å². The van der Waals surface area contributed by atoms with E-state index in [9.17, 15) is 32.3 Å². The van der Waals surface area contributed by atoms with Gasteiger partial charge in [0.25, 0.3) is 5.92 Å². The van der Waals surface area contributed by atoms with Gasteiger partial charge in [0, 0.05) is 31.5 Å². The molecule has 5 rings (SSSR count). The van der Waals surface area contributed by atoms with E-state index in [4.69, 9.17) is 5.73 Å². The minimum atomic E-state index is -3.02. The van der Waals surface area contributed by atoms with Crippen LogP contribution in [0.15, 0.2) is 12.1 Å². The Morgan fingerprint density at radius 1 is 1.03 bits per heavy atom. The van der Waals surface area contributed by atoms with Gasteiger partial charge in [0.15, 0.2) is 5.82 Å². The number of H-pyrrole nitrogens is 1. The van der Waals surface area contributed by atoms with Crippen LogP contribution in [-0.4, -0.2) is 74.9 Å². The number of piperidine rings is 1. The fourth-order valence-corrected chi connectivity index (χ4v) is 5.87. The number of alkyl halides is 4. The molecule has 2 saturated heterocycles. The second-order valence-electron chi connectivity index (χ2n) is 10.5. The summed E-state index contributed by atoms with van der Waals surface area (Å²) < 4.78 is 70.2. The zero-order valence-corrected chi connectivity index (χ0v) is 20.0. The van der Waals surface area contributed by atoms with Crippen molar-refractivity contribution in [3.63, 3.8) is 0 Å². The molecule has 37 heavy (non-hydrogen) atoms. The summed E-state index contributed by atoms with van der Waals surface area (Å²) in [5, 5.41) is 9.33. The highest BCUT2D eigenvalue weighted by molar-refractivity contribution is 5.91. The molecule has 13 heteroatoms. The van der Waals surface area contributed by atoms with Crippen LogP contribution >= 0.6 is 0 Å². The number of imidazole rings is 1. The van der Waals surface area contributed by atoms with Crippen molar-refractivity contribution in [3.8, 4) is 0 Å². The summed E-state index contributed by atoms with van der Waals surface area (Å²) in [7, 11) is 0. The molecule has 1 aromatic heterocycles. The second kappa shape index (κ2) is 8.81. The molecule has 1 atom stereocenters. The number of rotatable bonds is 4. The summed E-state index contributed by atoms with van der Waals surface area (Å²) in [5.41, 5.74) is 4.95. The average Bonchev–Trinajstić information content (AvgIpc) is 3.27. The van der Waals surface area contributed by atoms with Crippen molar-refractivity contribution in [2.75, 3.05) is 26.2 Å². The number of aromatic nitrogens is 2. The molecule has 1 saturated carbocycles. The lowest BCUT2D eigenvalue weighted by atomic mass is 9.70. The topological polar surface area (TPSA) is 116 Å². The van der Waals surface area contributed by atoms with Crippen molar-refractivity contribution in [1.82, 2.24) is 19.8 Å². The van der Waals surface area contributed by atoms with E-state index in [1.54, 1.807) is 0 Å². The van der Waals surface area contributed by atoms with Gasteiger partial charge in [-0.3, -0.25) is 4.79 Å². The fraction of sp³-hybridized carbons (Fsp3) is 0.625. The SMILES string of the molecule is NC(c1nc2c(F)c(C3(C(=O)N4CC(F)(F)C4)CCN(C(=O)O)CC3)ccc2[nH]1)C1CCC(F)(F)CC1. The van der Waals surface area contributed by atoms with Crippen LogP contribution in [0.25, 0.3) is 11.0 Å². The molecule has 3 aliphatic rings. The maximum atomic E-state index is 16.0. The van der Waals surface area contributed by atoms with E-state index in [-0.39, 0.29) is 74.4 Å². The maximum absolute atomic E-state index is 16.0. The van der Waals surface area contributed by atoms with E-state index in [1.807, 2.05) is 0 Å². The molecular weight excluding hydrogens is 501 g/mol. The number of halogens is 5. The number of fused-ring (bicyclic) bond motifs is 1. The molecule has 1 aromatic carbocycles. The highest BCUT2D eigenvalue weighted by Gasteiger charge is 2.54. The Balaban J connectivity index is 1.47. The minimum Gasteiger partial charge on any atom is -0.465 e. The number of hydrogen-bond donors (Lipinski definition) is 3. The van der Waals surface area contributed by atoms with Crippen molar-refractivity contribution in [1.29, 1.82) is 0 Å². The van der Waals surface area contributed by atoms with Gasteiger partial charge < -0.3 is 25.6 Å². The first kappa shape index (κ1) is 25.7. The Labute approximate surface area is 209 Å². The number of carboxylic acid groups (broad SMARTS) is 1. The number of benzene rings is 1. The molecule has 1 unspecified atom stereocenters. The number of nitrogens with zero attached hydrogens (tertiary/aromatic N) is 3. The molecule has 2 aliphatic heterocycles. The van der Waals surface area contributed by atoms with Gasteiger partial charge in [-0.2, -0.15) is 0 Å². The van der Waals surface area contributed by atoms with Gasteiger partial charge >= 0.3 is 6.09 Å². The molecule has 202 valence electrons. The highest BCUT2D eigenvalue weighted by atomic mass is 19.3. The normalized spacial score (nSPS) is 24.1. The number of carbonyl (C=O) groups excluding carboxylic acids is 1. The van der Waals surface area contributed by atoms with Crippen LogP contribution in [0.4, 0.5) is 26.7 Å². The third-order valence-electron chi connectivity index (χ3n) is 8.14. The number of nitrogens with one attached hydrogen (secondary N) is 1. The summed E-state index contributed by atoms with van der Waals surface area (Å²) in [6.07, 6.45) is -1.48. The van der Waals surface area contributed by atoms with Crippen LogP contribution in [0.1, 0.15) is 56.0 Å². The number of carbonyl (C=O) groups is 2. The number of hydrogen-bond acceptors (Lipinski definition) is 4. The van der Waals surface area contributed by atoms with Gasteiger partial charge in [-0.05, 0) is 37.7 Å². The standard InChI is InChI=1S/C24H28F5N5O3/c25-16-14(22(7-9-33(10-8-22)21(36)37)20(35)34-11-24(28,29)12-34)1-2-15-18(16)32-19(31-15)17(30)13-3-5-23(26,27)6-4-13/h1-2,13,17H,3-12,30H2,(H,31,32)(H,36,37). The maximum Gasteiger partial charge on any atom is 0.407 e. The van der Waals surface area contributed by atoms with E-state index in [1.165, 1.54) is 12.1 Å².